The van der Waals surface area contributed by atoms with Gasteiger partial charge in [0.25, 0.3) is 0 Å². The van der Waals surface area contributed by atoms with E-state index < -0.39 is 5.97 Å². The molecule has 2 fully saturated rings. The van der Waals surface area contributed by atoms with E-state index in [0.717, 1.165) is 30.8 Å². The van der Waals surface area contributed by atoms with Crippen molar-refractivity contribution in [3.63, 3.8) is 0 Å². The van der Waals surface area contributed by atoms with Crippen molar-refractivity contribution in [2.75, 3.05) is 13.1 Å². The Bertz CT molecular complexity index is 750. The summed E-state index contributed by atoms with van der Waals surface area (Å²) in [5.41, 5.74) is 1.29. The van der Waals surface area contributed by atoms with Gasteiger partial charge in [-0.25, -0.2) is 4.79 Å². The van der Waals surface area contributed by atoms with Gasteiger partial charge in [-0.05, 0) is 42.5 Å². The molecule has 0 amide bonds. The van der Waals surface area contributed by atoms with Crippen molar-refractivity contribution in [1.29, 1.82) is 0 Å². The van der Waals surface area contributed by atoms with Crippen LogP contribution in [0.5, 0.6) is 5.75 Å². The smallest absolute Gasteiger partial charge is 0.336 e. The summed E-state index contributed by atoms with van der Waals surface area (Å²) in [5, 5.41) is 9.36. The number of rotatable bonds is 5. The summed E-state index contributed by atoms with van der Waals surface area (Å²) in [7, 11) is 0. The molecule has 130 valence electrons. The Kier molecular flexibility index (Phi) is 4.40. The van der Waals surface area contributed by atoms with Crippen LogP contribution in [0.3, 0.4) is 0 Å². The molecule has 0 spiro atoms. The van der Waals surface area contributed by atoms with Crippen LogP contribution in [0.4, 0.5) is 0 Å². The Morgan fingerprint density at radius 3 is 2.88 bits per heavy atom. The number of carbonyl (C=O) groups is 1. The minimum atomic E-state index is -0.854. The summed E-state index contributed by atoms with van der Waals surface area (Å²) in [6, 6.07) is 11.1. The molecule has 0 unspecified atom stereocenters. The number of benzene rings is 1. The fourth-order valence-electron chi connectivity index (χ4n) is 4.28. The highest BCUT2D eigenvalue weighted by Crippen LogP contribution is 2.40. The first kappa shape index (κ1) is 16.1. The van der Waals surface area contributed by atoms with E-state index >= 15 is 0 Å². The van der Waals surface area contributed by atoms with Gasteiger partial charge in [-0.1, -0.05) is 18.2 Å². The lowest BCUT2D eigenvalue weighted by Gasteiger charge is -2.22. The third kappa shape index (κ3) is 3.37. The summed E-state index contributed by atoms with van der Waals surface area (Å²) in [6.07, 6.45) is 6.01. The molecule has 5 heteroatoms. The van der Waals surface area contributed by atoms with Gasteiger partial charge in [-0.2, -0.15) is 0 Å². The maximum Gasteiger partial charge on any atom is 0.336 e. The number of pyridine rings is 1. The lowest BCUT2D eigenvalue weighted by Crippen LogP contribution is -2.28. The van der Waals surface area contributed by atoms with Gasteiger partial charge in [0.1, 0.15) is 11.9 Å². The number of fused-ring (bicyclic) bond motifs is 1. The van der Waals surface area contributed by atoms with E-state index in [9.17, 15) is 9.90 Å². The Morgan fingerprint density at radius 1 is 1.20 bits per heavy atom. The normalized spacial score (nSPS) is 25.7. The molecule has 1 N–H and O–H groups in total. The first-order valence-electron chi connectivity index (χ1n) is 8.81. The van der Waals surface area contributed by atoms with E-state index in [0.29, 0.717) is 23.9 Å². The highest BCUT2D eigenvalue weighted by Gasteiger charge is 2.43. The molecule has 5 nitrogen and oxygen atoms in total. The van der Waals surface area contributed by atoms with Gasteiger partial charge >= 0.3 is 5.97 Å². The first-order valence-corrected chi connectivity index (χ1v) is 8.81. The molecule has 1 aliphatic carbocycles. The maximum atomic E-state index is 11.4. The number of carboxylic acid groups (broad SMARTS) is 1. The molecule has 1 aromatic heterocycles. The van der Waals surface area contributed by atoms with Crippen molar-refractivity contribution in [2.45, 2.75) is 25.5 Å². The van der Waals surface area contributed by atoms with E-state index in [2.05, 4.69) is 9.88 Å². The van der Waals surface area contributed by atoms with Gasteiger partial charge in [0.2, 0.25) is 0 Å². The topological polar surface area (TPSA) is 62.7 Å². The van der Waals surface area contributed by atoms with E-state index in [1.807, 2.05) is 24.3 Å². The van der Waals surface area contributed by atoms with Crippen LogP contribution in [0.1, 0.15) is 28.8 Å². The van der Waals surface area contributed by atoms with Gasteiger partial charge in [0.05, 0.1) is 11.8 Å². The molecule has 0 radical (unpaired) electrons. The van der Waals surface area contributed by atoms with Crippen molar-refractivity contribution < 1.29 is 14.6 Å². The molecule has 2 heterocycles. The molecule has 0 bridgehead atoms. The second kappa shape index (κ2) is 6.84. The predicted octanol–water partition coefficient (Wildman–Crippen LogP) is 3.07. The lowest BCUT2D eigenvalue weighted by molar-refractivity contribution is 0.0694. The summed E-state index contributed by atoms with van der Waals surface area (Å²) >= 11 is 0. The maximum absolute atomic E-state index is 11.4. The second-order valence-corrected chi connectivity index (χ2v) is 7.00. The quantitative estimate of drug-likeness (QED) is 0.908. The zero-order valence-electron chi connectivity index (χ0n) is 14.0. The molecule has 1 saturated heterocycles. The molecule has 1 saturated carbocycles. The SMILES string of the molecule is O=C(O)c1ccccc1CN1C[C@H]2CC[C@H](Oc3cccnc3)[C@H]2C1. The summed E-state index contributed by atoms with van der Waals surface area (Å²) in [5.74, 6) is 1.13. The molecule has 25 heavy (non-hydrogen) atoms. The monoisotopic (exact) mass is 338 g/mol. The van der Waals surface area contributed by atoms with Gasteiger partial charge in [-0.15, -0.1) is 0 Å². The average molecular weight is 338 g/mol. The molecule has 2 aromatic rings. The number of hydrogen-bond acceptors (Lipinski definition) is 4. The van der Waals surface area contributed by atoms with Crippen molar-refractivity contribution >= 4 is 5.97 Å². The zero-order valence-corrected chi connectivity index (χ0v) is 14.0. The highest BCUT2D eigenvalue weighted by molar-refractivity contribution is 5.89. The minimum Gasteiger partial charge on any atom is -0.488 e. The van der Waals surface area contributed by atoms with E-state index in [1.165, 1.54) is 6.42 Å². The lowest BCUT2D eigenvalue weighted by atomic mass is 9.99. The highest BCUT2D eigenvalue weighted by atomic mass is 16.5. The van der Waals surface area contributed by atoms with Crippen molar-refractivity contribution in [1.82, 2.24) is 9.88 Å². The van der Waals surface area contributed by atoms with Gasteiger partial charge in [-0.3, -0.25) is 9.88 Å². The predicted molar refractivity (Wildman–Crippen MR) is 93.5 cm³/mol. The Morgan fingerprint density at radius 2 is 2.08 bits per heavy atom. The third-order valence-corrected chi connectivity index (χ3v) is 5.43. The standard InChI is InChI=1S/C20H22N2O3/c23-20(24)17-6-2-1-4-14(17)11-22-12-15-7-8-19(18(15)13-22)25-16-5-3-9-21-10-16/h1-6,9-10,15,18-19H,7-8,11-13H2,(H,23,24)/t15-,18+,19+/m1/s1. The van der Waals surface area contributed by atoms with Crippen LogP contribution in [0, 0.1) is 11.8 Å². The minimum absolute atomic E-state index is 0.230. The van der Waals surface area contributed by atoms with Crippen LogP contribution in [-0.2, 0) is 6.54 Å². The average Bonchev–Trinajstić information content (AvgIpc) is 3.17. The summed E-state index contributed by atoms with van der Waals surface area (Å²) in [6.45, 7) is 2.67. The van der Waals surface area contributed by atoms with E-state index in [1.54, 1.807) is 24.5 Å². The Hall–Kier alpha value is -2.40. The number of likely N-dealkylation sites (tertiary alicyclic amines) is 1. The van der Waals surface area contributed by atoms with Crippen molar-refractivity contribution in [3.8, 4) is 5.75 Å². The molecular weight excluding hydrogens is 316 g/mol. The fraction of sp³-hybridized carbons (Fsp3) is 0.400. The number of hydrogen-bond donors (Lipinski definition) is 1. The number of carboxylic acids is 1. The molecule has 1 aliphatic heterocycles. The van der Waals surface area contributed by atoms with Gasteiger partial charge in [0.15, 0.2) is 0 Å². The molecular formula is C20H22N2O3. The molecule has 4 rings (SSSR count). The van der Waals surface area contributed by atoms with Crippen molar-refractivity contribution in [3.05, 3.63) is 59.9 Å². The number of ether oxygens (including phenoxy) is 1. The van der Waals surface area contributed by atoms with Gasteiger partial charge in [0, 0.05) is 31.7 Å². The van der Waals surface area contributed by atoms with Crippen LogP contribution in [0.2, 0.25) is 0 Å². The fourth-order valence-corrected chi connectivity index (χ4v) is 4.28. The van der Waals surface area contributed by atoms with Crippen LogP contribution in [0.15, 0.2) is 48.8 Å². The van der Waals surface area contributed by atoms with E-state index in [-0.39, 0.29) is 6.10 Å². The molecule has 1 aromatic carbocycles. The largest absolute Gasteiger partial charge is 0.488 e. The zero-order chi connectivity index (χ0) is 17.2. The number of aromatic nitrogens is 1. The van der Waals surface area contributed by atoms with Crippen LogP contribution in [-0.4, -0.2) is 40.2 Å². The van der Waals surface area contributed by atoms with Crippen LogP contribution >= 0.6 is 0 Å². The number of nitrogens with zero attached hydrogens (tertiary/aromatic N) is 2. The van der Waals surface area contributed by atoms with E-state index in [4.69, 9.17) is 4.74 Å². The summed E-state index contributed by atoms with van der Waals surface area (Å²) in [4.78, 5) is 17.9. The Balaban J connectivity index is 1.42. The molecule has 3 atom stereocenters. The van der Waals surface area contributed by atoms with Crippen molar-refractivity contribution in [2.24, 2.45) is 11.8 Å². The second-order valence-electron chi connectivity index (χ2n) is 7.00. The molecule has 2 aliphatic rings. The third-order valence-electron chi connectivity index (χ3n) is 5.43. The Labute approximate surface area is 147 Å². The van der Waals surface area contributed by atoms with Gasteiger partial charge < -0.3 is 9.84 Å². The number of aromatic carboxylic acids is 1. The van der Waals surface area contributed by atoms with Crippen LogP contribution < -0.4 is 4.74 Å². The first-order chi connectivity index (χ1) is 12.2. The summed E-state index contributed by atoms with van der Waals surface area (Å²) < 4.78 is 6.17. The van der Waals surface area contributed by atoms with Crippen LogP contribution in [0.25, 0.3) is 0 Å².